The zero-order valence-corrected chi connectivity index (χ0v) is 12.4. The van der Waals surface area contributed by atoms with Crippen LogP contribution < -0.4 is 15.8 Å². The highest BCUT2D eigenvalue weighted by molar-refractivity contribution is 5.94. The number of methoxy groups -OCH3 is 1. The number of amides is 1. The molecule has 6 nitrogen and oxygen atoms in total. The summed E-state index contributed by atoms with van der Waals surface area (Å²) in [7, 11) is 2.88. The molecule has 1 heterocycles. The number of nitrogens with two attached hydrogens (primary N) is 1. The first kappa shape index (κ1) is 15.7. The number of rotatable bonds is 5. The minimum absolute atomic E-state index is 0.0460. The van der Waals surface area contributed by atoms with Crippen molar-refractivity contribution in [3.8, 4) is 5.75 Å². The molecule has 2 rings (SSSR count). The third-order valence-corrected chi connectivity index (χ3v) is 3.23. The van der Waals surface area contributed by atoms with Crippen LogP contribution in [-0.4, -0.2) is 30.0 Å². The maximum Gasteiger partial charge on any atom is 0.251 e. The Balaban J connectivity index is 2.25. The van der Waals surface area contributed by atoms with E-state index in [1.165, 1.54) is 26.3 Å². The van der Waals surface area contributed by atoms with Crippen molar-refractivity contribution in [2.75, 3.05) is 19.9 Å². The molecule has 7 heteroatoms. The second kappa shape index (κ2) is 6.84. The average molecular weight is 304 g/mol. The summed E-state index contributed by atoms with van der Waals surface area (Å²) in [6.45, 7) is 0. The minimum Gasteiger partial charge on any atom is -0.494 e. The Morgan fingerprint density at radius 3 is 2.59 bits per heavy atom. The zero-order chi connectivity index (χ0) is 16.1. The van der Waals surface area contributed by atoms with E-state index in [2.05, 4.69) is 15.3 Å². The highest BCUT2D eigenvalue weighted by Crippen LogP contribution is 2.24. The molecule has 116 valence electrons. The van der Waals surface area contributed by atoms with Crippen LogP contribution in [0, 0.1) is 5.82 Å². The molecule has 0 spiro atoms. The van der Waals surface area contributed by atoms with Crippen LogP contribution in [0.25, 0.3) is 0 Å². The van der Waals surface area contributed by atoms with Crippen LogP contribution >= 0.6 is 0 Å². The lowest BCUT2D eigenvalue weighted by Gasteiger charge is -2.10. The molecule has 1 aromatic carbocycles. The number of hydrogen-bond donors (Lipinski definition) is 2. The molecular weight excluding hydrogens is 287 g/mol. The third-order valence-electron chi connectivity index (χ3n) is 3.23. The van der Waals surface area contributed by atoms with E-state index in [-0.39, 0.29) is 17.6 Å². The molecule has 22 heavy (non-hydrogen) atoms. The normalized spacial score (nSPS) is 10.3. The quantitative estimate of drug-likeness (QED) is 0.870. The summed E-state index contributed by atoms with van der Waals surface area (Å²) < 4.78 is 19.3. The molecule has 0 saturated heterocycles. The molecule has 0 aliphatic carbocycles. The van der Waals surface area contributed by atoms with Gasteiger partial charge in [0.2, 0.25) is 5.95 Å². The fourth-order valence-corrected chi connectivity index (χ4v) is 2.03. The van der Waals surface area contributed by atoms with Gasteiger partial charge in [0.15, 0.2) is 11.6 Å². The predicted molar refractivity (Wildman–Crippen MR) is 80.2 cm³/mol. The largest absolute Gasteiger partial charge is 0.494 e. The summed E-state index contributed by atoms with van der Waals surface area (Å²) >= 11 is 0. The van der Waals surface area contributed by atoms with Crippen molar-refractivity contribution in [3.63, 3.8) is 0 Å². The van der Waals surface area contributed by atoms with Gasteiger partial charge in [-0.1, -0.05) is 0 Å². The summed E-state index contributed by atoms with van der Waals surface area (Å²) in [6, 6.07) is 2.90. The smallest absolute Gasteiger partial charge is 0.251 e. The summed E-state index contributed by atoms with van der Waals surface area (Å²) in [4.78, 5) is 19.5. The highest BCUT2D eigenvalue weighted by atomic mass is 19.1. The van der Waals surface area contributed by atoms with Crippen molar-refractivity contribution in [2.24, 2.45) is 0 Å². The Morgan fingerprint density at radius 1 is 1.32 bits per heavy atom. The van der Waals surface area contributed by atoms with Crippen molar-refractivity contribution in [1.82, 2.24) is 15.3 Å². The fraction of sp³-hybridized carbons (Fsp3) is 0.267. The first-order chi connectivity index (χ1) is 10.5. The lowest BCUT2D eigenvalue weighted by Crippen LogP contribution is -2.18. The van der Waals surface area contributed by atoms with E-state index in [4.69, 9.17) is 10.5 Å². The van der Waals surface area contributed by atoms with E-state index in [0.29, 0.717) is 24.0 Å². The van der Waals surface area contributed by atoms with Gasteiger partial charge >= 0.3 is 0 Å². The number of benzene rings is 1. The SMILES string of the molecule is CNC(=O)c1cc(CCc2cnc(N)nc2)c(F)c(OC)c1. The molecule has 0 saturated carbocycles. The van der Waals surface area contributed by atoms with Gasteiger partial charge in [-0.05, 0) is 36.1 Å². The molecule has 1 aromatic heterocycles. The van der Waals surface area contributed by atoms with Crippen LogP contribution in [0.1, 0.15) is 21.5 Å². The van der Waals surface area contributed by atoms with Crippen molar-refractivity contribution >= 4 is 11.9 Å². The Kier molecular flexibility index (Phi) is 4.88. The fourth-order valence-electron chi connectivity index (χ4n) is 2.03. The van der Waals surface area contributed by atoms with Crippen LogP contribution in [0.5, 0.6) is 5.75 Å². The highest BCUT2D eigenvalue weighted by Gasteiger charge is 2.15. The molecule has 0 fully saturated rings. The summed E-state index contributed by atoms with van der Waals surface area (Å²) in [6.07, 6.45) is 4.11. The van der Waals surface area contributed by atoms with E-state index in [1.807, 2.05) is 0 Å². The third kappa shape index (κ3) is 3.49. The van der Waals surface area contributed by atoms with Gasteiger partial charge < -0.3 is 15.8 Å². The molecular formula is C15H17FN4O2. The predicted octanol–water partition coefficient (Wildman–Crippen LogP) is 1.35. The number of nitrogens with one attached hydrogen (secondary N) is 1. The monoisotopic (exact) mass is 304 g/mol. The average Bonchev–Trinajstić information content (AvgIpc) is 2.54. The molecule has 2 aromatic rings. The van der Waals surface area contributed by atoms with E-state index in [9.17, 15) is 9.18 Å². The molecule has 0 bridgehead atoms. The summed E-state index contributed by atoms with van der Waals surface area (Å²) in [5.41, 5.74) is 7.00. The number of nitrogens with zero attached hydrogens (tertiary/aromatic N) is 2. The van der Waals surface area contributed by atoms with Crippen LogP contribution in [-0.2, 0) is 12.8 Å². The summed E-state index contributed by atoms with van der Waals surface area (Å²) in [5.74, 6) is -0.523. The number of hydrogen-bond acceptors (Lipinski definition) is 5. The minimum atomic E-state index is -0.466. The van der Waals surface area contributed by atoms with Gasteiger partial charge in [-0.25, -0.2) is 14.4 Å². The Labute approximate surface area is 127 Å². The Hall–Kier alpha value is -2.70. The first-order valence-corrected chi connectivity index (χ1v) is 6.70. The number of carbonyl (C=O) groups is 1. The van der Waals surface area contributed by atoms with E-state index < -0.39 is 5.82 Å². The first-order valence-electron chi connectivity index (χ1n) is 6.70. The lowest BCUT2D eigenvalue weighted by atomic mass is 10.0. The van der Waals surface area contributed by atoms with Gasteiger partial charge in [-0.3, -0.25) is 4.79 Å². The number of nitrogen functional groups attached to an aromatic ring is 1. The standard InChI is InChI=1S/C15H17FN4O2/c1-18-14(21)11-5-10(13(16)12(6-11)22-2)4-3-9-7-19-15(17)20-8-9/h5-8H,3-4H2,1-2H3,(H,18,21)(H2,17,19,20). The van der Waals surface area contributed by atoms with Crippen LogP contribution in [0.15, 0.2) is 24.5 Å². The molecule has 0 unspecified atom stereocenters. The van der Waals surface area contributed by atoms with Gasteiger partial charge in [0, 0.05) is 25.0 Å². The number of halogens is 1. The second-order valence-electron chi connectivity index (χ2n) is 4.68. The van der Waals surface area contributed by atoms with E-state index in [0.717, 1.165) is 5.56 Å². The molecule has 0 aliphatic rings. The zero-order valence-electron chi connectivity index (χ0n) is 12.4. The second-order valence-corrected chi connectivity index (χ2v) is 4.68. The maximum atomic E-state index is 14.3. The van der Waals surface area contributed by atoms with Gasteiger partial charge in [0.05, 0.1) is 7.11 Å². The van der Waals surface area contributed by atoms with Gasteiger partial charge in [0.25, 0.3) is 5.91 Å². The van der Waals surface area contributed by atoms with Crippen LogP contribution in [0.2, 0.25) is 0 Å². The topological polar surface area (TPSA) is 90.1 Å². The number of anilines is 1. The number of ether oxygens (including phenoxy) is 1. The van der Waals surface area contributed by atoms with E-state index >= 15 is 0 Å². The van der Waals surface area contributed by atoms with Crippen LogP contribution in [0.3, 0.4) is 0 Å². The van der Waals surface area contributed by atoms with Crippen molar-refractivity contribution in [3.05, 3.63) is 47.0 Å². The molecule has 0 radical (unpaired) electrons. The van der Waals surface area contributed by atoms with Crippen molar-refractivity contribution < 1.29 is 13.9 Å². The van der Waals surface area contributed by atoms with Gasteiger partial charge in [0.1, 0.15) is 0 Å². The van der Waals surface area contributed by atoms with Gasteiger partial charge in [-0.15, -0.1) is 0 Å². The van der Waals surface area contributed by atoms with E-state index in [1.54, 1.807) is 12.4 Å². The van der Waals surface area contributed by atoms with Crippen molar-refractivity contribution in [1.29, 1.82) is 0 Å². The Morgan fingerprint density at radius 2 is 2.00 bits per heavy atom. The number of aromatic nitrogens is 2. The lowest BCUT2D eigenvalue weighted by molar-refractivity contribution is 0.0962. The number of aryl methyl sites for hydroxylation is 2. The molecule has 0 atom stereocenters. The Bertz CT molecular complexity index is 674. The van der Waals surface area contributed by atoms with Gasteiger partial charge in [-0.2, -0.15) is 0 Å². The summed E-state index contributed by atoms with van der Waals surface area (Å²) in [5, 5.41) is 2.51. The number of carbonyl (C=O) groups excluding carboxylic acids is 1. The maximum absolute atomic E-state index is 14.3. The van der Waals surface area contributed by atoms with Crippen LogP contribution in [0.4, 0.5) is 10.3 Å². The molecule has 1 amide bonds. The molecule has 3 N–H and O–H groups in total. The molecule has 0 aliphatic heterocycles. The van der Waals surface area contributed by atoms with Crippen molar-refractivity contribution in [2.45, 2.75) is 12.8 Å².